The number of halogens is 1. The Morgan fingerprint density at radius 1 is 1.62 bits per heavy atom. The van der Waals surface area contributed by atoms with E-state index in [0.29, 0.717) is 4.47 Å². The van der Waals surface area contributed by atoms with Crippen molar-refractivity contribution in [3.63, 3.8) is 0 Å². The number of anilines is 1. The van der Waals surface area contributed by atoms with Crippen LogP contribution in [0.1, 0.15) is 6.23 Å². The molecule has 86 valence electrons. The van der Waals surface area contributed by atoms with Crippen LogP contribution in [0.3, 0.4) is 0 Å². The molecule has 1 aromatic heterocycles. The van der Waals surface area contributed by atoms with Crippen LogP contribution >= 0.6 is 15.9 Å². The van der Waals surface area contributed by atoms with Crippen molar-refractivity contribution in [1.29, 1.82) is 0 Å². The second kappa shape index (κ2) is 4.36. The van der Waals surface area contributed by atoms with Gasteiger partial charge in [-0.2, -0.15) is 4.98 Å². The van der Waals surface area contributed by atoms with Crippen LogP contribution in [0, 0.1) is 0 Å². The molecule has 0 unspecified atom stereocenters. The van der Waals surface area contributed by atoms with Gasteiger partial charge in [0.15, 0.2) is 6.23 Å². The molecule has 0 saturated carbocycles. The molecule has 0 amide bonds. The monoisotopic (exact) mass is 287 g/mol. The van der Waals surface area contributed by atoms with E-state index in [2.05, 4.69) is 20.9 Å². The SMILES string of the molecule is Nc1nc(=O)n([C@H]2C=C[C@@H](CO)O2)cc1Br. The number of aromatic nitrogens is 2. The summed E-state index contributed by atoms with van der Waals surface area (Å²) in [6.45, 7) is -0.120. The van der Waals surface area contributed by atoms with Gasteiger partial charge in [-0.15, -0.1) is 0 Å². The van der Waals surface area contributed by atoms with E-state index in [1.165, 1.54) is 10.8 Å². The third-order valence-electron chi connectivity index (χ3n) is 2.19. The van der Waals surface area contributed by atoms with Crippen molar-refractivity contribution in [2.75, 3.05) is 12.3 Å². The Balaban J connectivity index is 2.33. The van der Waals surface area contributed by atoms with Crippen molar-refractivity contribution in [1.82, 2.24) is 9.55 Å². The van der Waals surface area contributed by atoms with Crippen LogP contribution in [-0.2, 0) is 4.74 Å². The van der Waals surface area contributed by atoms with Gasteiger partial charge in [-0.3, -0.25) is 4.57 Å². The zero-order valence-electron chi connectivity index (χ0n) is 8.21. The second-order valence-electron chi connectivity index (χ2n) is 3.30. The number of ether oxygens (including phenoxy) is 1. The van der Waals surface area contributed by atoms with Gasteiger partial charge in [0.25, 0.3) is 0 Å². The quantitative estimate of drug-likeness (QED) is 0.749. The molecule has 0 spiro atoms. The lowest BCUT2D eigenvalue weighted by Crippen LogP contribution is -2.28. The molecule has 6 nitrogen and oxygen atoms in total. The van der Waals surface area contributed by atoms with Crippen LogP contribution in [0.5, 0.6) is 0 Å². The second-order valence-corrected chi connectivity index (χ2v) is 4.15. The average Bonchev–Trinajstić information content (AvgIpc) is 2.71. The van der Waals surface area contributed by atoms with E-state index in [9.17, 15) is 4.79 Å². The molecule has 0 aliphatic carbocycles. The van der Waals surface area contributed by atoms with E-state index >= 15 is 0 Å². The van der Waals surface area contributed by atoms with E-state index in [1.54, 1.807) is 12.2 Å². The average molecular weight is 288 g/mol. The summed E-state index contributed by atoms with van der Waals surface area (Å²) in [5.41, 5.74) is 4.98. The minimum atomic E-state index is -0.547. The van der Waals surface area contributed by atoms with Gasteiger partial charge in [-0.1, -0.05) is 6.08 Å². The van der Waals surface area contributed by atoms with Crippen LogP contribution in [0.2, 0.25) is 0 Å². The van der Waals surface area contributed by atoms with E-state index in [1.807, 2.05) is 0 Å². The number of nitrogens with zero attached hydrogens (tertiary/aromatic N) is 2. The Labute approximate surface area is 99.5 Å². The fourth-order valence-electron chi connectivity index (χ4n) is 1.39. The molecular weight excluding hydrogens is 278 g/mol. The van der Waals surface area contributed by atoms with Crippen LogP contribution in [0.15, 0.2) is 27.6 Å². The van der Waals surface area contributed by atoms with Crippen molar-refractivity contribution in [3.8, 4) is 0 Å². The summed E-state index contributed by atoms with van der Waals surface area (Å²) >= 11 is 3.18. The van der Waals surface area contributed by atoms with E-state index in [0.717, 1.165) is 0 Å². The molecule has 1 aliphatic rings. The number of aliphatic hydroxyl groups excluding tert-OH is 1. The largest absolute Gasteiger partial charge is 0.393 e. The number of rotatable bonds is 2. The first kappa shape index (κ1) is 11.3. The molecule has 0 saturated heterocycles. The first-order valence-corrected chi connectivity index (χ1v) is 5.40. The summed E-state index contributed by atoms with van der Waals surface area (Å²) in [5, 5.41) is 8.89. The summed E-state index contributed by atoms with van der Waals surface area (Å²) < 4.78 is 7.20. The minimum absolute atomic E-state index is 0.120. The molecule has 3 N–H and O–H groups in total. The highest BCUT2D eigenvalue weighted by atomic mass is 79.9. The molecule has 0 bridgehead atoms. The lowest BCUT2D eigenvalue weighted by atomic mass is 10.4. The van der Waals surface area contributed by atoms with Crippen molar-refractivity contribution in [3.05, 3.63) is 33.3 Å². The van der Waals surface area contributed by atoms with Gasteiger partial charge in [0, 0.05) is 6.20 Å². The molecule has 16 heavy (non-hydrogen) atoms. The van der Waals surface area contributed by atoms with Crippen LogP contribution in [-0.4, -0.2) is 27.4 Å². The fourth-order valence-corrected chi connectivity index (χ4v) is 1.70. The van der Waals surface area contributed by atoms with Gasteiger partial charge in [-0.25, -0.2) is 4.79 Å². The molecule has 0 fully saturated rings. The number of hydrogen-bond donors (Lipinski definition) is 2. The number of aliphatic hydroxyl groups is 1. The molecule has 7 heteroatoms. The first-order chi connectivity index (χ1) is 7.61. The maximum absolute atomic E-state index is 11.5. The minimum Gasteiger partial charge on any atom is -0.393 e. The van der Waals surface area contributed by atoms with Crippen LogP contribution < -0.4 is 11.4 Å². The van der Waals surface area contributed by atoms with Crippen molar-refractivity contribution >= 4 is 21.7 Å². The van der Waals surface area contributed by atoms with E-state index in [-0.39, 0.29) is 18.5 Å². The summed E-state index contributed by atoms with van der Waals surface area (Å²) in [4.78, 5) is 15.2. The fraction of sp³-hybridized carbons (Fsp3) is 0.333. The van der Waals surface area contributed by atoms with Crippen molar-refractivity contribution in [2.45, 2.75) is 12.3 Å². The van der Waals surface area contributed by atoms with Crippen molar-refractivity contribution < 1.29 is 9.84 Å². The lowest BCUT2D eigenvalue weighted by Gasteiger charge is -2.15. The highest BCUT2D eigenvalue weighted by molar-refractivity contribution is 9.10. The highest BCUT2D eigenvalue weighted by Crippen LogP contribution is 2.21. The Hall–Kier alpha value is -1.18. The summed E-state index contributed by atoms with van der Waals surface area (Å²) in [6, 6.07) is 0. The van der Waals surface area contributed by atoms with Crippen LogP contribution in [0.4, 0.5) is 5.82 Å². The third-order valence-corrected chi connectivity index (χ3v) is 2.80. The van der Waals surface area contributed by atoms with Gasteiger partial charge in [0.05, 0.1) is 11.1 Å². The Bertz CT molecular complexity index is 485. The number of nitrogens with two attached hydrogens (primary N) is 1. The predicted molar refractivity (Wildman–Crippen MR) is 60.7 cm³/mol. The Morgan fingerprint density at radius 3 is 3.00 bits per heavy atom. The summed E-state index contributed by atoms with van der Waals surface area (Å²) in [5.74, 6) is 0.141. The molecule has 1 aromatic rings. The van der Waals surface area contributed by atoms with Gasteiger partial charge in [0.1, 0.15) is 11.9 Å². The standard InChI is InChI=1S/C9H10BrN3O3/c10-6-3-13(9(15)12-8(6)11)7-2-1-5(4-14)16-7/h1-3,5,7,14H,4H2,(H2,11,12,15)/t5-,7+/m0/s1. The summed E-state index contributed by atoms with van der Waals surface area (Å²) in [6.07, 6.45) is 3.97. The third kappa shape index (κ3) is 2.01. The molecule has 2 atom stereocenters. The number of nitrogen functional groups attached to an aromatic ring is 1. The van der Waals surface area contributed by atoms with Gasteiger partial charge >= 0.3 is 5.69 Å². The maximum atomic E-state index is 11.5. The molecule has 2 heterocycles. The number of hydrogen-bond acceptors (Lipinski definition) is 5. The van der Waals surface area contributed by atoms with Gasteiger partial charge < -0.3 is 15.6 Å². The summed E-state index contributed by atoms with van der Waals surface area (Å²) in [7, 11) is 0. The smallest absolute Gasteiger partial charge is 0.351 e. The molecular formula is C9H10BrN3O3. The Kier molecular flexibility index (Phi) is 3.08. The zero-order chi connectivity index (χ0) is 11.7. The predicted octanol–water partition coefficient (Wildman–Crippen LogP) is 0.0339. The molecule has 0 radical (unpaired) electrons. The zero-order valence-corrected chi connectivity index (χ0v) is 9.79. The van der Waals surface area contributed by atoms with E-state index < -0.39 is 11.9 Å². The Morgan fingerprint density at radius 2 is 2.38 bits per heavy atom. The normalized spacial score (nSPS) is 23.9. The molecule has 1 aliphatic heterocycles. The van der Waals surface area contributed by atoms with Crippen molar-refractivity contribution in [2.24, 2.45) is 0 Å². The van der Waals surface area contributed by atoms with Gasteiger partial charge in [-0.05, 0) is 22.0 Å². The molecule has 0 aromatic carbocycles. The first-order valence-electron chi connectivity index (χ1n) is 4.60. The molecule has 2 rings (SSSR count). The van der Waals surface area contributed by atoms with Crippen LogP contribution in [0.25, 0.3) is 0 Å². The maximum Gasteiger partial charge on any atom is 0.351 e. The lowest BCUT2D eigenvalue weighted by molar-refractivity contribution is -0.0103. The van der Waals surface area contributed by atoms with E-state index in [4.69, 9.17) is 15.6 Å². The topological polar surface area (TPSA) is 90.4 Å². The van der Waals surface area contributed by atoms with Gasteiger partial charge in [0.2, 0.25) is 0 Å². The highest BCUT2D eigenvalue weighted by Gasteiger charge is 2.21.